The van der Waals surface area contributed by atoms with Gasteiger partial charge in [-0.1, -0.05) is 28.1 Å². The molecule has 0 aliphatic heterocycles. The minimum atomic E-state index is -1.12. The number of pyridine rings is 1. The zero-order chi connectivity index (χ0) is 16.3. The van der Waals surface area contributed by atoms with E-state index < -0.39 is 5.54 Å². The quantitative estimate of drug-likeness (QED) is 0.876. The number of benzene rings is 1. The van der Waals surface area contributed by atoms with Crippen molar-refractivity contribution in [3.63, 3.8) is 0 Å². The lowest BCUT2D eigenvalue weighted by Gasteiger charge is -2.24. The number of hydrogen-bond acceptors (Lipinski definition) is 4. The number of carbonyl (C=O) groups is 1. The predicted molar refractivity (Wildman–Crippen MR) is 92.9 cm³/mol. The second-order valence-corrected chi connectivity index (χ2v) is 6.38. The third-order valence-electron chi connectivity index (χ3n) is 3.38. The molecule has 2 rings (SSSR count). The van der Waals surface area contributed by atoms with Gasteiger partial charge in [-0.15, -0.1) is 0 Å². The summed E-state index contributed by atoms with van der Waals surface area (Å²) >= 11 is 3.37. The molecule has 0 radical (unpaired) electrons. The highest BCUT2D eigenvalue weighted by Gasteiger charge is 2.30. The van der Waals surface area contributed by atoms with Crippen molar-refractivity contribution in [3.8, 4) is 0 Å². The number of amides is 1. The lowest BCUT2D eigenvalue weighted by Crippen LogP contribution is -2.45. The fourth-order valence-corrected chi connectivity index (χ4v) is 2.19. The highest BCUT2D eigenvalue weighted by atomic mass is 79.9. The van der Waals surface area contributed by atoms with Gasteiger partial charge in [-0.05, 0) is 30.7 Å². The lowest BCUT2D eigenvalue weighted by atomic mass is 9.92. The number of nitrogens with two attached hydrogens (primary N) is 1. The SMILES string of the molecule is CN(C)c1cc(NC(=O)C(C)(N)c2ccc(Br)cc2)ccn1. The fraction of sp³-hybridized carbons (Fsp3) is 0.250. The number of halogens is 1. The number of nitrogens with one attached hydrogen (secondary N) is 1. The highest BCUT2D eigenvalue weighted by molar-refractivity contribution is 9.10. The summed E-state index contributed by atoms with van der Waals surface area (Å²) in [7, 11) is 3.78. The summed E-state index contributed by atoms with van der Waals surface area (Å²) in [5.41, 5.74) is 6.51. The van der Waals surface area contributed by atoms with E-state index in [0.717, 1.165) is 15.9 Å². The molecule has 1 atom stereocenters. The largest absolute Gasteiger partial charge is 0.363 e. The molecule has 0 spiro atoms. The first kappa shape index (κ1) is 16.5. The molecule has 116 valence electrons. The summed E-state index contributed by atoms with van der Waals surface area (Å²) in [6.07, 6.45) is 1.65. The third kappa shape index (κ3) is 3.64. The van der Waals surface area contributed by atoms with Gasteiger partial charge in [0.05, 0.1) is 0 Å². The van der Waals surface area contributed by atoms with Crippen molar-refractivity contribution in [2.24, 2.45) is 5.73 Å². The van der Waals surface area contributed by atoms with Crippen LogP contribution in [0.5, 0.6) is 0 Å². The van der Waals surface area contributed by atoms with Crippen molar-refractivity contribution in [1.82, 2.24) is 4.98 Å². The van der Waals surface area contributed by atoms with Crippen molar-refractivity contribution in [3.05, 3.63) is 52.6 Å². The van der Waals surface area contributed by atoms with Gasteiger partial charge in [0.2, 0.25) is 5.91 Å². The summed E-state index contributed by atoms with van der Waals surface area (Å²) in [5.74, 6) is 0.492. The maximum Gasteiger partial charge on any atom is 0.248 e. The second kappa shape index (κ2) is 6.46. The molecule has 1 amide bonds. The van der Waals surface area contributed by atoms with Gasteiger partial charge in [-0.3, -0.25) is 4.79 Å². The van der Waals surface area contributed by atoms with Crippen molar-refractivity contribution in [2.45, 2.75) is 12.5 Å². The molecule has 22 heavy (non-hydrogen) atoms. The topological polar surface area (TPSA) is 71.2 Å². The number of nitrogens with zero attached hydrogens (tertiary/aromatic N) is 2. The first-order valence-corrected chi connectivity index (χ1v) is 7.60. The third-order valence-corrected chi connectivity index (χ3v) is 3.91. The number of anilines is 2. The zero-order valence-electron chi connectivity index (χ0n) is 12.8. The first-order valence-electron chi connectivity index (χ1n) is 6.80. The van der Waals surface area contributed by atoms with Crippen LogP contribution in [-0.2, 0) is 10.3 Å². The first-order chi connectivity index (χ1) is 10.3. The summed E-state index contributed by atoms with van der Waals surface area (Å²) < 4.78 is 0.942. The van der Waals surface area contributed by atoms with Crippen LogP contribution in [-0.4, -0.2) is 25.0 Å². The highest BCUT2D eigenvalue weighted by Crippen LogP contribution is 2.23. The van der Waals surface area contributed by atoms with Gasteiger partial charge < -0.3 is 16.0 Å². The molecule has 2 aromatic rings. The van der Waals surface area contributed by atoms with E-state index in [0.29, 0.717) is 5.69 Å². The Hall–Kier alpha value is -1.92. The van der Waals surface area contributed by atoms with Crippen LogP contribution in [0.15, 0.2) is 47.1 Å². The smallest absolute Gasteiger partial charge is 0.248 e. The Bertz CT molecular complexity index is 668. The summed E-state index contributed by atoms with van der Waals surface area (Å²) in [6, 6.07) is 10.9. The van der Waals surface area contributed by atoms with E-state index in [1.807, 2.05) is 43.3 Å². The van der Waals surface area contributed by atoms with E-state index in [-0.39, 0.29) is 5.91 Å². The minimum absolute atomic E-state index is 0.272. The van der Waals surface area contributed by atoms with Gasteiger partial charge in [0.1, 0.15) is 11.4 Å². The van der Waals surface area contributed by atoms with Crippen LogP contribution in [0.1, 0.15) is 12.5 Å². The molecule has 1 aromatic carbocycles. The number of rotatable bonds is 4. The van der Waals surface area contributed by atoms with E-state index >= 15 is 0 Å². The van der Waals surface area contributed by atoms with Crippen LogP contribution in [0.4, 0.5) is 11.5 Å². The average Bonchev–Trinajstić information content (AvgIpc) is 2.48. The molecule has 0 bridgehead atoms. The maximum atomic E-state index is 12.5. The standard InChI is InChI=1S/C16H19BrN4O/c1-16(18,11-4-6-12(17)7-5-11)15(22)20-13-8-9-19-14(10-13)21(2)3/h4-10H,18H2,1-3H3,(H,19,20,22). The Morgan fingerprint density at radius 2 is 1.91 bits per heavy atom. The molecule has 5 nitrogen and oxygen atoms in total. The van der Waals surface area contributed by atoms with Crippen molar-refractivity contribution < 1.29 is 4.79 Å². The Morgan fingerprint density at radius 3 is 2.50 bits per heavy atom. The minimum Gasteiger partial charge on any atom is -0.363 e. The van der Waals surface area contributed by atoms with E-state index in [1.165, 1.54) is 0 Å². The van der Waals surface area contributed by atoms with Crippen molar-refractivity contribution in [2.75, 3.05) is 24.3 Å². The molecular formula is C16H19BrN4O. The van der Waals surface area contributed by atoms with Crippen LogP contribution in [0.3, 0.4) is 0 Å². The molecule has 1 aromatic heterocycles. The normalized spacial score (nSPS) is 13.3. The summed E-state index contributed by atoms with van der Waals surface area (Å²) in [4.78, 5) is 18.6. The Balaban J connectivity index is 2.20. The van der Waals surface area contributed by atoms with E-state index in [9.17, 15) is 4.79 Å². The molecular weight excluding hydrogens is 344 g/mol. The van der Waals surface area contributed by atoms with Crippen molar-refractivity contribution in [1.29, 1.82) is 0 Å². The predicted octanol–water partition coefficient (Wildman–Crippen LogP) is 2.72. The molecule has 0 aliphatic carbocycles. The maximum absolute atomic E-state index is 12.5. The van der Waals surface area contributed by atoms with Gasteiger partial charge >= 0.3 is 0 Å². The molecule has 0 saturated heterocycles. The summed E-state index contributed by atoms with van der Waals surface area (Å²) in [6.45, 7) is 1.69. The molecule has 0 aliphatic rings. The Kier molecular flexibility index (Phi) is 4.83. The van der Waals surface area contributed by atoms with E-state index in [2.05, 4.69) is 26.2 Å². The van der Waals surface area contributed by atoms with Gasteiger partial charge in [-0.25, -0.2) is 4.98 Å². The number of carbonyl (C=O) groups excluding carboxylic acids is 1. The van der Waals surface area contributed by atoms with Crippen molar-refractivity contribution >= 4 is 33.3 Å². The molecule has 6 heteroatoms. The second-order valence-electron chi connectivity index (χ2n) is 5.46. The molecule has 1 heterocycles. The molecule has 0 saturated carbocycles. The Labute approximate surface area is 138 Å². The monoisotopic (exact) mass is 362 g/mol. The molecule has 3 N–H and O–H groups in total. The average molecular weight is 363 g/mol. The van der Waals surface area contributed by atoms with Gasteiger partial charge in [0.15, 0.2) is 0 Å². The fourth-order valence-electron chi connectivity index (χ4n) is 1.93. The van der Waals surface area contributed by atoms with Crippen LogP contribution >= 0.6 is 15.9 Å². The number of hydrogen-bond donors (Lipinski definition) is 2. The summed E-state index contributed by atoms with van der Waals surface area (Å²) in [5, 5.41) is 2.85. The van der Waals surface area contributed by atoms with Crippen LogP contribution in [0, 0.1) is 0 Å². The van der Waals surface area contributed by atoms with E-state index in [1.54, 1.807) is 25.3 Å². The van der Waals surface area contributed by atoms with Crippen LogP contribution in [0.2, 0.25) is 0 Å². The van der Waals surface area contributed by atoms with E-state index in [4.69, 9.17) is 5.73 Å². The lowest BCUT2D eigenvalue weighted by molar-refractivity contribution is -0.120. The van der Waals surface area contributed by atoms with Crippen LogP contribution in [0.25, 0.3) is 0 Å². The Morgan fingerprint density at radius 1 is 1.27 bits per heavy atom. The van der Waals surface area contributed by atoms with Crippen LogP contribution < -0.4 is 16.0 Å². The molecule has 0 fully saturated rings. The molecule has 1 unspecified atom stereocenters. The zero-order valence-corrected chi connectivity index (χ0v) is 14.4. The van der Waals surface area contributed by atoms with Gasteiger partial charge in [0.25, 0.3) is 0 Å². The van der Waals surface area contributed by atoms with Gasteiger partial charge in [0, 0.05) is 36.5 Å². The number of aromatic nitrogens is 1. The van der Waals surface area contributed by atoms with Gasteiger partial charge in [-0.2, -0.15) is 0 Å².